The molecule has 0 unspecified atom stereocenters. The van der Waals surface area contributed by atoms with Crippen molar-refractivity contribution in [2.75, 3.05) is 60.0 Å². The molecule has 0 N–H and O–H groups in total. The van der Waals surface area contributed by atoms with Gasteiger partial charge in [0.2, 0.25) is 0 Å². The molecule has 1 heterocycles. The molecule has 0 fully saturated rings. The number of rotatable bonds is 4. The van der Waals surface area contributed by atoms with Crippen LogP contribution in [-0.2, 0) is 14.2 Å². The van der Waals surface area contributed by atoms with Crippen molar-refractivity contribution in [3.8, 4) is 23.0 Å². The van der Waals surface area contributed by atoms with Crippen LogP contribution in [0.15, 0.2) is 48.5 Å². The highest BCUT2D eigenvalue weighted by atomic mass is 16.6. The minimum absolute atomic E-state index is 0.289. The number of fused-ring (bicyclic) bond motifs is 2. The molecule has 0 saturated carbocycles. The Balaban J connectivity index is 1.71. The number of methoxy groups -OCH3 is 1. The molecule has 7 heteroatoms. The number of ether oxygens (including phenoxy) is 7. The van der Waals surface area contributed by atoms with Crippen LogP contribution in [0.1, 0.15) is 0 Å². The fraction of sp³-hybridized carbons (Fsp3) is 0.455. The highest BCUT2D eigenvalue weighted by molar-refractivity contribution is 5.40. The molecule has 0 amide bonds. The van der Waals surface area contributed by atoms with E-state index in [9.17, 15) is 0 Å². The van der Waals surface area contributed by atoms with Crippen LogP contribution in [0.25, 0.3) is 0 Å². The summed E-state index contributed by atoms with van der Waals surface area (Å²) in [5.41, 5.74) is 0. The van der Waals surface area contributed by atoms with E-state index in [4.69, 9.17) is 33.2 Å². The predicted molar refractivity (Wildman–Crippen MR) is 107 cm³/mol. The lowest BCUT2D eigenvalue weighted by Crippen LogP contribution is -2.30. The first-order chi connectivity index (χ1) is 14.4. The van der Waals surface area contributed by atoms with Crippen molar-refractivity contribution in [3.05, 3.63) is 48.5 Å². The zero-order valence-electron chi connectivity index (χ0n) is 16.7. The van der Waals surface area contributed by atoms with Crippen molar-refractivity contribution in [1.29, 1.82) is 0 Å². The van der Waals surface area contributed by atoms with Gasteiger partial charge >= 0.3 is 0 Å². The van der Waals surface area contributed by atoms with E-state index in [0.717, 1.165) is 0 Å². The van der Waals surface area contributed by atoms with Crippen LogP contribution in [0, 0.1) is 0 Å². The van der Waals surface area contributed by atoms with Crippen LogP contribution in [0.4, 0.5) is 0 Å². The summed E-state index contributed by atoms with van der Waals surface area (Å²) >= 11 is 0. The molecule has 0 radical (unpaired) electrons. The van der Waals surface area contributed by atoms with Gasteiger partial charge in [-0.05, 0) is 24.3 Å². The quantitative estimate of drug-likeness (QED) is 0.726. The van der Waals surface area contributed by atoms with E-state index in [1.54, 1.807) is 7.11 Å². The van der Waals surface area contributed by atoms with Crippen LogP contribution in [0.2, 0.25) is 0 Å². The fourth-order valence-corrected chi connectivity index (χ4v) is 2.71. The monoisotopic (exact) mass is 404 g/mol. The summed E-state index contributed by atoms with van der Waals surface area (Å²) < 4.78 is 40.1. The van der Waals surface area contributed by atoms with Gasteiger partial charge in [-0.25, -0.2) is 0 Å². The minimum atomic E-state index is -0.289. The molecule has 29 heavy (non-hydrogen) atoms. The topological polar surface area (TPSA) is 64.6 Å². The Labute approximate surface area is 171 Å². The van der Waals surface area contributed by atoms with Crippen molar-refractivity contribution < 1.29 is 33.2 Å². The molecule has 7 nitrogen and oxygen atoms in total. The van der Waals surface area contributed by atoms with Gasteiger partial charge in [-0.3, -0.25) is 0 Å². The maximum absolute atomic E-state index is 5.98. The van der Waals surface area contributed by atoms with Gasteiger partial charge in [-0.2, -0.15) is 0 Å². The molecule has 0 bridgehead atoms. The van der Waals surface area contributed by atoms with Gasteiger partial charge in [0.15, 0.2) is 23.0 Å². The maximum atomic E-state index is 5.98. The number of benzene rings is 2. The normalized spacial score (nSPS) is 16.3. The van der Waals surface area contributed by atoms with E-state index in [-0.39, 0.29) is 6.10 Å². The SMILES string of the molecule is COCCOC1COc2ccccc2OCCOCCOc2ccccc2OC1. The third-order valence-electron chi connectivity index (χ3n) is 4.16. The molecule has 158 valence electrons. The lowest BCUT2D eigenvalue weighted by atomic mass is 10.3. The Hall–Kier alpha value is -2.48. The summed E-state index contributed by atoms with van der Waals surface area (Å²) in [5.74, 6) is 2.65. The van der Waals surface area contributed by atoms with Gasteiger partial charge in [0, 0.05) is 7.11 Å². The van der Waals surface area contributed by atoms with E-state index < -0.39 is 0 Å². The van der Waals surface area contributed by atoms with Crippen molar-refractivity contribution in [3.63, 3.8) is 0 Å². The molecule has 0 spiro atoms. The first-order valence-electron chi connectivity index (χ1n) is 9.74. The van der Waals surface area contributed by atoms with Crippen LogP contribution in [0.5, 0.6) is 23.0 Å². The first-order valence-corrected chi connectivity index (χ1v) is 9.74. The lowest BCUT2D eigenvalue weighted by Gasteiger charge is -2.21. The largest absolute Gasteiger partial charge is 0.487 e. The summed E-state index contributed by atoms with van der Waals surface area (Å²) in [5, 5.41) is 0. The molecule has 1 aliphatic heterocycles. The second kappa shape index (κ2) is 12.2. The second-order valence-corrected chi connectivity index (χ2v) is 6.31. The summed E-state index contributed by atoms with van der Waals surface area (Å²) in [4.78, 5) is 0. The third-order valence-corrected chi connectivity index (χ3v) is 4.16. The average Bonchev–Trinajstić information content (AvgIpc) is 2.75. The van der Waals surface area contributed by atoms with Crippen molar-refractivity contribution >= 4 is 0 Å². The number of para-hydroxylation sites is 4. The molecule has 2 aromatic carbocycles. The van der Waals surface area contributed by atoms with Crippen LogP contribution < -0.4 is 18.9 Å². The van der Waals surface area contributed by atoms with Gasteiger partial charge in [0.05, 0.1) is 26.4 Å². The predicted octanol–water partition coefficient (Wildman–Crippen LogP) is 2.96. The fourth-order valence-electron chi connectivity index (χ4n) is 2.71. The van der Waals surface area contributed by atoms with Gasteiger partial charge in [-0.15, -0.1) is 0 Å². The van der Waals surface area contributed by atoms with E-state index in [1.807, 2.05) is 48.5 Å². The molecule has 2 aromatic rings. The molecule has 0 aromatic heterocycles. The summed E-state index contributed by atoms with van der Waals surface area (Å²) in [6.07, 6.45) is -0.289. The Morgan fingerprint density at radius 3 is 1.66 bits per heavy atom. The number of hydrogen-bond acceptors (Lipinski definition) is 7. The van der Waals surface area contributed by atoms with Gasteiger partial charge in [0.1, 0.15) is 32.5 Å². The van der Waals surface area contributed by atoms with Gasteiger partial charge in [-0.1, -0.05) is 24.3 Å². The second-order valence-electron chi connectivity index (χ2n) is 6.31. The minimum Gasteiger partial charge on any atom is -0.487 e. The smallest absolute Gasteiger partial charge is 0.161 e. The highest BCUT2D eigenvalue weighted by Gasteiger charge is 2.15. The standard InChI is InChI=1S/C22H28O7/c1-23-10-13-25-18-16-28-21-8-4-2-6-19(21)26-14-11-24-12-15-27-20-7-3-5-9-22(20)29-17-18/h2-9,18H,10-17H2,1H3. The lowest BCUT2D eigenvalue weighted by molar-refractivity contribution is -0.0276. The van der Waals surface area contributed by atoms with Gasteiger partial charge < -0.3 is 33.2 Å². The zero-order valence-corrected chi connectivity index (χ0v) is 16.7. The van der Waals surface area contributed by atoms with Crippen LogP contribution in [0.3, 0.4) is 0 Å². The van der Waals surface area contributed by atoms with E-state index in [1.165, 1.54) is 0 Å². The van der Waals surface area contributed by atoms with Crippen molar-refractivity contribution in [1.82, 2.24) is 0 Å². The molecular weight excluding hydrogens is 376 g/mol. The Morgan fingerprint density at radius 2 is 1.17 bits per heavy atom. The Morgan fingerprint density at radius 1 is 0.690 bits per heavy atom. The first kappa shape index (κ1) is 21.2. The van der Waals surface area contributed by atoms with Crippen molar-refractivity contribution in [2.45, 2.75) is 6.10 Å². The summed E-state index contributed by atoms with van der Waals surface area (Å²) in [6.45, 7) is 3.32. The Bertz CT molecular complexity index is 666. The average molecular weight is 404 g/mol. The van der Waals surface area contributed by atoms with Crippen molar-refractivity contribution in [2.24, 2.45) is 0 Å². The molecule has 0 aliphatic carbocycles. The molecule has 1 aliphatic rings. The molecule has 3 rings (SSSR count). The molecular formula is C22H28O7. The summed E-state index contributed by atoms with van der Waals surface area (Å²) in [7, 11) is 1.64. The van der Waals surface area contributed by atoms with Crippen LogP contribution >= 0.6 is 0 Å². The van der Waals surface area contributed by atoms with E-state index in [2.05, 4.69) is 0 Å². The molecule has 0 atom stereocenters. The van der Waals surface area contributed by atoms with Gasteiger partial charge in [0.25, 0.3) is 0 Å². The van der Waals surface area contributed by atoms with Crippen LogP contribution in [-0.4, -0.2) is 66.1 Å². The molecule has 0 saturated heterocycles. The zero-order chi connectivity index (χ0) is 20.2. The Kier molecular flexibility index (Phi) is 8.90. The maximum Gasteiger partial charge on any atom is 0.161 e. The highest BCUT2D eigenvalue weighted by Crippen LogP contribution is 2.28. The van der Waals surface area contributed by atoms with E-state index in [0.29, 0.717) is 75.9 Å². The summed E-state index contributed by atoms with van der Waals surface area (Å²) in [6, 6.07) is 15.1. The third kappa shape index (κ3) is 7.12. The van der Waals surface area contributed by atoms with E-state index >= 15 is 0 Å². The number of hydrogen-bond donors (Lipinski definition) is 0.